The maximum atomic E-state index is 9.11. The molecule has 0 aliphatic heterocycles. The predicted molar refractivity (Wildman–Crippen MR) is 77.9 cm³/mol. The van der Waals surface area contributed by atoms with Crippen molar-refractivity contribution in [3.05, 3.63) is 29.3 Å². The van der Waals surface area contributed by atoms with Crippen molar-refractivity contribution in [3.8, 4) is 6.07 Å². The third-order valence-corrected chi connectivity index (χ3v) is 3.15. The molecule has 1 aromatic carbocycles. The van der Waals surface area contributed by atoms with Gasteiger partial charge in [-0.2, -0.15) is 5.26 Å². The molecule has 98 valence electrons. The van der Waals surface area contributed by atoms with Crippen molar-refractivity contribution in [1.29, 1.82) is 5.26 Å². The summed E-state index contributed by atoms with van der Waals surface area (Å²) in [5.41, 5.74) is 0.919. The molecule has 18 heavy (non-hydrogen) atoms. The lowest BCUT2D eigenvalue weighted by molar-refractivity contribution is 0.597. The number of nitrogens with zero attached hydrogens (tertiary/aromatic N) is 1. The van der Waals surface area contributed by atoms with Gasteiger partial charge in [0.1, 0.15) is 6.04 Å². The number of nitriles is 1. The summed E-state index contributed by atoms with van der Waals surface area (Å²) >= 11 is 5.91. The van der Waals surface area contributed by atoms with Crippen molar-refractivity contribution >= 4 is 17.3 Å². The molecule has 2 nitrogen and oxygen atoms in total. The highest BCUT2D eigenvalue weighted by atomic mass is 35.5. The first-order chi connectivity index (χ1) is 8.76. The van der Waals surface area contributed by atoms with E-state index in [4.69, 9.17) is 16.9 Å². The minimum Gasteiger partial charge on any atom is -0.370 e. The Labute approximate surface area is 115 Å². The van der Waals surface area contributed by atoms with E-state index < -0.39 is 0 Å². The summed E-state index contributed by atoms with van der Waals surface area (Å²) in [4.78, 5) is 0. The van der Waals surface area contributed by atoms with Gasteiger partial charge in [-0.05, 0) is 24.6 Å². The zero-order valence-corrected chi connectivity index (χ0v) is 11.7. The van der Waals surface area contributed by atoms with Crippen molar-refractivity contribution in [1.82, 2.24) is 0 Å². The van der Waals surface area contributed by atoms with Crippen LogP contribution in [0.15, 0.2) is 24.3 Å². The normalized spacial score (nSPS) is 11.8. The van der Waals surface area contributed by atoms with Gasteiger partial charge in [0.25, 0.3) is 0 Å². The van der Waals surface area contributed by atoms with Gasteiger partial charge < -0.3 is 5.32 Å². The van der Waals surface area contributed by atoms with Crippen molar-refractivity contribution in [3.63, 3.8) is 0 Å². The van der Waals surface area contributed by atoms with Crippen LogP contribution in [0.5, 0.6) is 0 Å². The molecule has 1 aromatic rings. The molecule has 0 amide bonds. The number of anilines is 1. The van der Waals surface area contributed by atoms with Gasteiger partial charge in [0.15, 0.2) is 0 Å². The SMILES string of the molecule is CCCCCCCC(C#N)Nc1cccc(Cl)c1. The largest absolute Gasteiger partial charge is 0.370 e. The fourth-order valence-electron chi connectivity index (χ4n) is 1.90. The van der Waals surface area contributed by atoms with Gasteiger partial charge in [-0.25, -0.2) is 0 Å². The van der Waals surface area contributed by atoms with Gasteiger partial charge >= 0.3 is 0 Å². The number of benzene rings is 1. The van der Waals surface area contributed by atoms with E-state index in [2.05, 4.69) is 18.3 Å². The highest BCUT2D eigenvalue weighted by molar-refractivity contribution is 6.30. The molecule has 1 atom stereocenters. The lowest BCUT2D eigenvalue weighted by atomic mass is 10.1. The first-order valence-corrected chi connectivity index (χ1v) is 7.05. The minimum atomic E-state index is -0.120. The maximum absolute atomic E-state index is 9.11. The van der Waals surface area contributed by atoms with Crippen LogP contribution >= 0.6 is 11.6 Å². The Morgan fingerprint density at radius 3 is 2.72 bits per heavy atom. The molecule has 0 aliphatic carbocycles. The highest BCUT2D eigenvalue weighted by Gasteiger charge is 2.06. The summed E-state index contributed by atoms with van der Waals surface area (Å²) in [5, 5.41) is 13.0. The molecule has 0 saturated carbocycles. The van der Waals surface area contributed by atoms with Crippen LogP contribution in [-0.2, 0) is 0 Å². The first-order valence-electron chi connectivity index (χ1n) is 6.68. The van der Waals surface area contributed by atoms with Gasteiger partial charge in [-0.15, -0.1) is 0 Å². The minimum absolute atomic E-state index is 0.120. The smallest absolute Gasteiger partial charge is 0.114 e. The van der Waals surface area contributed by atoms with Gasteiger partial charge in [-0.3, -0.25) is 0 Å². The fourth-order valence-corrected chi connectivity index (χ4v) is 2.09. The lowest BCUT2D eigenvalue weighted by Crippen LogP contribution is -2.16. The quantitative estimate of drug-likeness (QED) is 0.671. The molecular weight excluding hydrogens is 244 g/mol. The zero-order valence-electron chi connectivity index (χ0n) is 11.0. The Morgan fingerprint density at radius 2 is 2.06 bits per heavy atom. The van der Waals surface area contributed by atoms with Crippen molar-refractivity contribution in [2.24, 2.45) is 0 Å². The summed E-state index contributed by atoms with van der Waals surface area (Å²) in [6, 6.07) is 9.70. The second kappa shape index (κ2) is 8.83. The third-order valence-electron chi connectivity index (χ3n) is 2.92. The Hall–Kier alpha value is -1.20. The molecule has 0 aromatic heterocycles. The first kappa shape index (κ1) is 14.9. The molecule has 1 N–H and O–H groups in total. The molecule has 0 radical (unpaired) electrons. The molecule has 0 aliphatic rings. The van der Waals surface area contributed by atoms with Crippen LogP contribution in [0.1, 0.15) is 45.4 Å². The number of unbranched alkanes of at least 4 members (excludes halogenated alkanes) is 4. The molecule has 0 heterocycles. The molecule has 3 heteroatoms. The van der Waals surface area contributed by atoms with Crippen LogP contribution in [0, 0.1) is 11.3 Å². The summed E-state index contributed by atoms with van der Waals surface area (Å²) in [5.74, 6) is 0. The molecular formula is C15H21ClN2. The van der Waals surface area contributed by atoms with E-state index in [1.54, 1.807) is 0 Å². The van der Waals surface area contributed by atoms with Crippen LogP contribution in [0.4, 0.5) is 5.69 Å². The van der Waals surface area contributed by atoms with E-state index in [9.17, 15) is 0 Å². The average Bonchev–Trinajstić information content (AvgIpc) is 2.37. The lowest BCUT2D eigenvalue weighted by Gasteiger charge is -2.12. The summed E-state index contributed by atoms with van der Waals surface area (Å²) < 4.78 is 0. The van der Waals surface area contributed by atoms with E-state index in [-0.39, 0.29) is 6.04 Å². The number of hydrogen-bond donors (Lipinski definition) is 1. The number of halogens is 1. The van der Waals surface area contributed by atoms with Gasteiger partial charge in [0.2, 0.25) is 0 Å². The Balaban J connectivity index is 2.32. The predicted octanol–water partition coefficient (Wildman–Crippen LogP) is 5.00. The van der Waals surface area contributed by atoms with E-state index in [1.807, 2.05) is 24.3 Å². The molecule has 0 spiro atoms. The molecule has 0 bridgehead atoms. The fraction of sp³-hybridized carbons (Fsp3) is 0.533. The Kier molecular flexibility index (Phi) is 7.29. The van der Waals surface area contributed by atoms with Crippen LogP contribution in [0.25, 0.3) is 0 Å². The molecule has 1 rings (SSSR count). The third kappa shape index (κ3) is 5.93. The van der Waals surface area contributed by atoms with Crippen LogP contribution < -0.4 is 5.32 Å². The summed E-state index contributed by atoms with van der Waals surface area (Å²) in [6.45, 7) is 2.21. The maximum Gasteiger partial charge on any atom is 0.114 e. The second-order valence-electron chi connectivity index (χ2n) is 4.54. The van der Waals surface area contributed by atoms with E-state index in [0.717, 1.165) is 18.5 Å². The van der Waals surface area contributed by atoms with Crippen LogP contribution in [-0.4, -0.2) is 6.04 Å². The summed E-state index contributed by atoms with van der Waals surface area (Å²) in [7, 11) is 0. The van der Waals surface area contributed by atoms with E-state index in [0.29, 0.717) is 5.02 Å². The van der Waals surface area contributed by atoms with Crippen LogP contribution in [0.3, 0.4) is 0 Å². The summed E-state index contributed by atoms with van der Waals surface area (Å²) in [6.07, 6.45) is 7.02. The second-order valence-corrected chi connectivity index (χ2v) is 4.98. The monoisotopic (exact) mass is 264 g/mol. The number of rotatable bonds is 8. The van der Waals surface area contributed by atoms with Gasteiger partial charge in [-0.1, -0.05) is 56.7 Å². The average molecular weight is 265 g/mol. The van der Waals surface area contributed by atoms with Crippen molar-refractivity contribution in [2.75, 3.05) is 5.32 Å². The number of hydrogen-bond acceptors (Lipinski definition) is 2. The number of nitrogens with one attached hydrogen (secondary N) is 1. The van der Waals surface area contributed by atoms with Gasteiger partial charge in [0, 0.05) is 10.7 Å². The van der Waals surface area contributed by atoms with Crippen LogP contribution in [0.2, 0.25) is 5.02 Å². The molecule has 1 unspecified atom stereocenters. The van der Waals surface area contributed by atoms with E-state index >= 15 is 0 Å². The molecule has 0 saturated heterocycles. The highest BCUT2D eigenvalue weighted by Crippen LogP contribution is 2.17. The van der Waals surface area contributed by atoms with Crippen molar-refractivity contribution in [2.45, 2.75) is 51.5 Å². The van der Waals surface area contributed by atoms with E-state index in [1.165, 1.54) is 25.7 Å². The topological polar surface area (TPSA) is 35.8 Å². The van der Waals surface area contributed by atoms with Crippen molar-refractivity contribution < 1.29 is 0 Å². The Morgan fingerprint density at radius 1 is 1.28 bits per heavy atom. The Bertz CT molecular complexity index is 384. The zero-order chi connectivity index (χ0) is 13.2. The van der Waals surface area contributed by atoms with Gasteiger partial charge in [0.05, 0.1) is 6.07 Å². The standard InChI is InChI=1S/C15H21ClN2/c1-2-3-4-5-6-9-15(12-17)18-14-10-7-8-13(16)11-14/h7-8,10-11,15,18H,2-6,9H2,1H3. The molecule has 0 fully saturated rings.